The highest BCUT2D eigenvalue weighted by Gasteiger charge is 1.93. The summed E-state index contributed by atoms with van der Waals surface area (Å²) >= 11 is 0. The monoisotopic (exact) mass is 168 g/mol. The maximum Gasteiger partial charge on any atom is 0.332 e. The first-order valence-electron chi connectivity index (χ1n) is 3.12. The lowest BCUT2D eigenvalue weighted by molar-refractivity contribution is 0.249. The number of primary amides is 1. The molecule has 0 bridgehead atoms. The van der Waals surface area contributed by atoms with Gasteiger partial charge in [-0.25, -0.2) is 10.2 Å². The molecule has 0 saturated heterocycles. The Morgan fingerprint density at radius 2 is 2.42 bits per heavy atom. The van der Waals surface area contributed by atoms with Crippen LogP contribution < -0.4 is 16.9 Å². The number of nitrogens with two attached hydrogens (primary N) is 2. The molecule has 1 heterocycles. The van der Waals surface area contributed by atoms with Crippen LogP contribution in [0.25, 0.3) is 0 Å². The Morgan fingerprint density at radius 3 is 2.92 bits per heavy atom. The molecule has 0 aliphatic rings. The molecule has 5 N–H and O–H groups in total. The summed E-state index contributed by atoms with van der Waals surface area (Å²) in [5.41, 5.74) is 12.0. The minimum absolute atomic E-state index is 0.288. The fourth-order valence-corrected chi connectivity index (χ4v) is 0.597. The number of hydrogen-bond donors (Lipinski definition) is 3. The lowest BCUT2D eigenvalue weighted by Gasteiger charge is -1.88. The van der Waals surface area contributed by atoms with E-state index in [-0.39, 0.29) is 5.88 Å². The van der Waals surface area contributed by atoms with E-state index in [0.717, 1.165) is 0 Å². The molecule has 6 heteroatoms. The summed E-state index contributed by atoms with van der Waals surface area (Å²) in [7, 11) is 0. The second kappa shape index (κ2) is 3.42. The van der Waals surface area contributed by atoms with Gasteiger partial charge in [-0.1, -0.05) is 0 Å². The second-order valence-corrected chi connectivity index (χ2v) is 1.97. The van der Waals surface area contributed by atoms with Crippen LogP contribution in [0, 0.1) is 0 Å². The molecule has 0 fully saturated rings. The minimum atomic E-state index is -0.731. The van der Waals surface area contributed by atoms with Gasteiger partial charge in [-0.3, -0.25) is 0 Å². The molecule has 0 atom stereocenters. The molecule has 2 amide bonds. The number of amides is 2. The number of hydrazone groups is 1. The van der Waals surface area contributed by atoms with Crippen molar-refractivity contribution in [3.05, 3.63) is 17.9 Å². The molecule has 12 heavy (non-hydrogen) atoms. The number of hydrogen-bond acceptors (Lipinski definition) is 4. The Balaban J connectivity index is 2.52. The number of carbonyl (C=O) groups excluding carboxylic acids is 1. The normalized spacial score (nSPS) is 10.3. The average Bonchev–Trinajstić information content (AvgIpc) is 2.35. The summed E-state index contributed by atoms with van der Waals surface area (Å²) in [5, 5.41) is 3.46. The molecule has 0 spiro atoms. The Hall–Kier alpha value is -1.98. The van der Waals surface area contributed by atoms with Crippen molar-refractivity contribution in [2.75, 3.05) is 5.73 Å². The second-order valence-electron chi connectivity index (χ2n) is 1.97. The number of urea groups is 1. The van der Waals surface area contributed by atoms with Crippen LogP contribution in [-0.4, -0.2) is 12.2 Å². The fourth-order valence-electron chi connectivity index (χ4n) is 0.597. The molecule has 1 rings (SSSR count). The summed E-state index contributed by atoms with van der Waals surface area (Å²) in [4.78, 5) is 10.1. The number of carbonyl (C=O) groups is 1. The summed E-state index contributed by atoms with van der Waals surface area (Å²) in [6, 6.07) is 2.46. The van der Waals surface area contributed by atoms with Crippen molar-refractivity contribution < 1.29 is 9.21 Å². The smallest absolute Gasteiger partial charge is 0.332 e. The molecule has 0 unspecified atom stereocenters. The van der Waals surface area contributed by atoms with Gasteiger partial charge in [-0.2, -0.15) is 5.10 Å². The van der Waals surface area contributed by atoms with E-state index in [1.807, 2.05) is 5.43 Å². The van der Waals surface area contributed by atoms with Gasteiger partial charge in [0.15, 0.2) is 5.88 Å². The topological polar surface area (TPSA) is 107 Å². The zero-order valence-corrected chi connectivity index (χ0v) is 6.15. The average molecular weight is 168 g/mol. The van der Waals surface area contributed by atoms with Crippen LogP contribution >= 0.6 is 0 Å². The van der Waals surface area contributed by atoms with E-state index >= 15 is 0 Å². The minimum Gasteiger partial charge on any atom is -0.440 e. The van der Waals surface area contributed by atoms with Crippen molar-refractivity contribution >= 4 is 18.1 Å². The Morgan fingerprint density at radius 1 is 1.67 bits per heavy atom. The van der Waals surface area contributed by atoms with Gasteiger partial charge in [-0.05, 0) is 6.07 Å². The van der Waals surface area contributed by atoms with Crippen LogP contribution in [0.2, 0.25) is 0 Å². The maximum absolute atomic E-state index is 10.1. The summed E-state index contributed by atoms with van der Waals surface area (Å²) in [6.45, 7) is 0. The summed E-state index contributed by atoms with van der Waals surface area (Å²) in [6.07, 6.45) is 1.29. The number of nitrogens with one attached hydrogen (secondary N) is 1. The first kappa shape index (κ1) is 8.12. The van der Waals surface area contributed by atoms with Crippen molar-refractivity contribution in [2.45, 2.75) is 0 Å². The number of nitrogens with zero attached hydrogens (tertiary/aromatic N) is 1. The highest BCUT2D eigenvalue weighted by Crippen LogP contribution is 2.05. The Bertz CT molecular complexity index is 304. The predicted octanol–water partition coefficient (Wildman–Crippen LogP) is -0.136. The van der Waals surface area contributed by atoms with E-state index in [1.165, 1.54) is 6.21 Å². The molecule has 0 aromatic carbocycles. The molecule has 0 aliphatic carbocycles. The van der Waals surface area contributed by atoms with E-state index in [1.54, 1.807) is 12.1 Å². The van der Waals surface area contributed by atoms with E-state index in [0.29, 0.717) is 5.76 Å². The van der Waals surface area contributed by atoms with Crippen molar-refractivity contribution in [3.8, 4) is 0 Å². The quantitative estimate of drug-likeness (QED) is 0.422. The zero-order chi connectivity index (χ0) is 8.97. The van der Waals surface area contributed by atoms with E-state index in [4.69, 9.17) is 15.9 Å². The van der Waals surface area contributed by atoms with Crippen LogP contribution in [0.15, 0.2) is 21.7 Å². The lowest BCUT2D eigenvalue weighted by Crippen LogP contribution is -2.24. The van der Waals surface area contributed by atoms with Crippen molar-refractivity contribution in [1.29, 1.82) is 0 Å². The van der Waals surface area contributed by atoms with Crippen molar-refractivity contribution in [2.24, 2.45) is 10.8 Å². The molecule has 6 nitrogen and oxygen atoms in total. The maximum atomic E-state index is 10.1. The van der Waals surface area contributed by atoms with Gasteiger partial charge >= 0.3 is 6.03 Å². The molecule has 0 saturated carbocycles. The van der Waals surface area contributed by atoms with Crippen LogP contribution in [0.3, 0.4) is 0 Å². The molecule has 64 valence electrons. The van der Waals surface area contributed by atoms with Gasteiger partial charge in [-0.15, -0.1) is 0 Å². The summed E-state index contributed by atoms with van der Waals surface area (Å²) < 4.78 is 4.90. The van der Waals surface area contributed by atoms with Crippen LogP contribution in [0.1, 0.15) is 5.76 Å². The molecule has 0 aliphatic heterocycles. The first-order chi connectivity index (χ1) is 5.68. The standard InChI is InChI=1S/C6H8N4O2/c7-5-2-1-4(12-5)3-9-10-6(8)11/h1-3H,7H2,(H3,8,10,11). The van der Waals surface area contributed by atoms with Gasteiger partial charge < -0.3 is 15.9 Å². The molecule has 1 aromatic rings. The van der Waals surface area contributed by atoms with Gasteiger partial charge in [0.1, 0.15) is 5.76 Å². The number of anilines is 1. The molecular formula is C6H8N4O2. The first-order valence-corrected chi connectivity index (χ1v) is 3.12. The Kier molecular flexibility index (Phi) is 2.32. The SMILES string of the molecule is NC(=O)NN=Cc1ccc(N)o1. The van der Waals surface area contributed by atoms with Crippen LogP contribution in [-0.2, 0) is 0 Å². The zero-order valence-electron chi connectivity index (χ0n) is 6.15. The van der Waals surface area contributed by atoms with Gasteiger partial charge in [0.25, 0.3) is 0 Å². The van der Waals surface area contributed by atoms with Gasteiger partial charge in [0, 0.05) is 6.07 Å². The van der Waals surface area contributed by atoms with E-state index < -0.39 is 6.03 Å². The van der Waals surface area contributed by atoms with Gasteiger partial charge in [0.2, 0.25) is 0 Å². The van der Waals surface area contributed by atoms with E-state index in [9.17, 15) is 4.79 Å². The fraction of sp³-hybridized carbons (Fsp3) is 0. The number of nitrogen functional groups attached to an aromatic ring is 1. The largest absolute Gasteiger partial charge is 0.440 e. The highest BCUT2D eigenvalue weighted by molar-refractivity contribution is 5.79. The lowest BCUT2D eigenvalue weighted by atomic mass is 10.5. The van der Waals surface area contributed by atoms with Gasteiger partial charge in [0.05, 0.1) is 6.21 Å². The number of rotatable bonds is 2. The van der Waals surface area contributed by atoms with E-state index in [2.05, 4.69) is 5.10 Å². The Labute approximate surface area is 68.2 Å². The third-order valence-corrected chi connectivity index (χ3v) is 1.01. The number of furan rings is 1. The van der Waals surface area contributed by atoms with Crippen molar-refractivity contribution in [3.63, 3.8) is 0 Å². The highest BCUT2D eigenvalue weighted by atomic mass is 16.3. The molecule has 0 radical (unpaired) electrons. The third-order valence-electron chi connectivity index (χ3n) is 1.01. The molecular weight excluding hydrogens is 160 g/mol. The predicted molar refractivity (Wildman–Crippen MR) is 43.4 cm³/mol. The van der Waals surface area contributed by atoms with Crippen molar-refractivity contribution in [1.82, 2.24) is 5.43 Å². The van der Waals surface area contributed by atoms with Crippen LogP contribution in [0.5, 0.6) is 0 Å². The van der Waals surface area contributed by atoms with Crippen LogP contribution in [0.4, 0.5) is 10.7 Å². The molecule has 1 aromatic heterocycles. The summed E-state index contributed by atoms with van der Waals surface area (Å²) in [5.74, 6) is 0.733. The third kappa shape index (κ3) is 2.33.